The first-order valence-corrected chi connectivity index (χ1v) is 11.9. The summed E-state index contributed by atoms with van der Waals surface area (Å²) in [4.78, 5) is 14.6. The highest BCUT2D eigenvalue weighted by Crippen LogP contribution is 2.30. The van der Waals surface area contributed by atoms with Crippen LogP contribution in [0.3, 0.4) is 0 Å². The zero-order chi connectivity index (χ0) is 21.1. The van der Waals surface area contributed by atoms with E-state index in [9.17, 15) is 13.2 Å². The monoisotopic (exact) mass is 436 g/mol. The first kappa shape index (κ1) is 21.1. The molecule has 2 N–H and O–H groups in total. The molecule has 0 spiro atoms. The molecular weight excluding hydrogens is 408 g/mol. The van der Waals surface area contributed by atoms with Gasteiger partial charge in [-0.1, -0.05) is 19.3 Å². The molecule has 1 aliphatic carbocycles. The van der Waals surface area contributed by atoms with Gasteiger partial charge in [0.25, 0.3) is 5.91 Å². The van der Waals surface area contributed by atoms with Crippen molar-refractivity contribution < 1.29 is 22.4 Å². The number of aromatic nitrogens is 2. The highest BCUT2D eigenvalue weighted by Gasteiger charge is 2.28. The molecule has 30 heavy (non-hydrogen) atoms. The molecule has 10 heteroatoms. The number of morpholine rings is 1. The van der Waals surface area contributed by atoms with E-state index in [4.69, 9.17) is 9.15 Å². The molecule has 0 aromatic carbocycles. The summed E-state index contributed by atoms with van der Waals surface area (Å²) in [5, 5.41) is 6.76. The maximum Gasteiger partial charge on any atom is 0.257 e. The molecule has 4 rings (SSSR count). The second kappa shape index (κ2) is 8.91. The van der Waals surface area contributed by atoms with E-state index in [0.717, 1.165) is 25.7 Å². The first-order chi connectivity index (χ1) is 14.5. The van der Waals surface area contributed by atoms with E-state index in [2.05, 4.69) is 14.9 Å². The number of carbonyl (C=O) groups is 1. The number of rotatable bonds is 6. The highest BCUT2D eigenvalue weighted by atomic mass is 32.2. The summed E-state index contributed by atoms with van der Waals surface area (Å²) in [5.41, 5.74) is 0.730. The van der Waals surface area contributed by atoms with Gasteiger partial charge in [0.15, 0.2) is 5.76 Å². The Morgan fingerprint density at radius 3 is 2.73 bits per heavy atom. The lowest BCUT2D eigenvalue weighted by atomic mass is 9.90. The molecule has 9 nitrogen and oxygen atoms in total. The van der Waals surface area contributed by atoms with Gasteiger partial charge in [-0.25, -0.2) is 13.1 Å². The van der Waals surface area contributed by atoms with Crippen molar-refractivity contribution in [1.29, 1.82) is 0 Å². The number of aryl methyl sites for hydroxylation is 1. The van der Waals surface area contributed by atoms with Crippen LogP contribution in [-0.4, -0.2) is 62.3 Å². The number of nitrogens with zero attached hydrogens (tertiary/aromatic N) is 2. The van der Waals surface area contributed by atoms with E-state index in [1.807, 2.05) is 0 Å². The van der Waals surface area contributed by atoms with Gasteiger partial charge in [-0.05, 0) is 25.7 Å². The Balaban J connectivity index is 1.53. The average molecular weight is 437 g/mol. The quantitative estimate of drug-likeness (QED) is 0.718. The Hall–Kier alpha value is -2.17. The molecule has 3 heterocycles. The minimum atomic E-state index is -3.70. The second-order valence-corrected chi connectivity index (χ2v) is 9.69. The minimum Gasteiger partial charge on any atom is -0.458 e. The van der Waals surface area contributed by atoms with Gasteiger partial charge < -0.3 is 14.1 Å². The van der Waals surface area contributed by atoms with Crippen LogP contribution in [0, 0.1) is 12.8 Å². The summed E-state index contributed by atoms with van der Waals surface area (Å²) in [6.07, 6.45) is 7.09. The summed E-state index contributed by atoms with van der Waals surface area (Å²) < 4.78 is 39.5. The Bertz CT molecular complexity index is 985. The van der Waals surface area contributed by atoms with E-state index in [-0.39, 0.29) is 22.3 Å². The molecule has 1 saturated carbocycles. The predicted octanol–water partition coefficient (Wildman–Crippen LogP) is 2.31. The normalized spacial score (nSPS) is 18.6. The van der Waals surface area contributed by atoms with Crippen molar-refractivity contribution >= 4 is 15.9 Å². The lowest BCUT2D eigenvalue weighted by molar-refractivity contribution is 0.0303. The van der Waals surface area contributed by atoms with Crippen LogP contribution >= 0.6 is 0 Å². The van der Waals surface area contributed by atoms with Crippen LogP contribution in [-0.2, 0) is 14.8 Å². The van der Waals surface area contributed by atoms with Gasteiger partial charge in [0, 0.05) is 25.7 Å². The van der Waals surface area contributed by atoms with E-state index < -0.39 is 10.0 Å². The number of aromatic amines is 1. The molecular formula is C20H28N4O5S. The number of carbonyl (C=O) groups excluding carboxylic acids is 1. The fraction of sp³-hybridized carbons (Fsp3) is 0.600. The van der Waals surface area contributed by atoms with Crippen LogP contribution in [0.5, 0.6) is 0 Å². The maximum absolute atomic E-state index is 12.9. The molecule has 1 aliphatic heterocycles. The van der Waals surface area contributed by atoms with E-state index in [1.165, 1.54) is 18.7 Å². The molecule has 0 radical (unpaired) electrons. The summed E-state index contributed by atoms with van der Waals surface area (Å²) in [6.45, 7) is 4.05. The lowest BCUT2D eigenvalue weighted by Gasteiger charge is -2.26. The van der Waals surface area contributed by atoms with Crippen molar-refractivity contribution in [2.24, 2.45) is 5.92 Å². The number of sulfonamides is 1. The van der Waals surface area contributed by atoms with Crippen LogP contribution < -0.4 is 4.72 Å². The zero-order valence-corrected chi connectivity index (χ0v) is 18.0. The Labute approximate surface area is 176 Å². The van der Waals surface area contributed by atoms with Crippen LogP contribution in [0.15, 0.2) is 21.6 Å². The van der Waals surface area contributed by atoms with E-state index in [0.29, 0.717) is 50.0 Å². The molecule has 1 saturated heterocycles. The third-order valence-corrected chi connectivity index (χ3v) is 7.39. The number of hydrogen-bond donors (Lipinski definition) is 2. The second-order valence-electron chi connectivity index (χ2n) is 7.95. The first-order valence-electron chi connectivity index (χ1n) is 10.5. The molecule has 2 fully saturated rings. The van der Waals surface area contributed by atoms with E-state index >= 15 is 0 Å². The van der Waals surface area contributed by atoms with E-state index in [1.54, 1.807) is 11.8 Å². The van der Waals surface area contributed by atoms with Gasteiger partial charge >= 0.3 is 0 Å². The summed E-state index contributed by atoms with van der Waals surface area (Å²) in [7, 11) is -3.70. The predicted molar refractivity (Wildman–Crippen MR) is 110 cm³/mol. The lowest BCUT2D eigenvalue weighted by Crippen LogP contribution is -2.40. The van der Waals surface area contributed by atoms with Crippen molar-refractivity contribution in [1.82, 2.24) is 19.8 Å². The van der Waals surface area contributed by atoms with Crippen LogP contribution in [0.1, 0.15) is 48.2 Å². The number of amides is 1. The number of furan rings is 1. The molecule has 1 amide bonds. The average Bonchev–Trinajstić information content (AvgIpc) is 3.40. The minimum absolute atomic E-state index is 0.0904. The number of nitrogens with one attached hydrogen (secondary N) is 2. The van der Waals surface area contributed by atoms with Crippen molar-refractivity contribution in [3.8, 4) is 11.5 Å². The van der Waals surface area contributed by atoms with Crippen molar-refractivity contribution in [3.63, 3.8) is 0 Å². The van der Waals surface area contributed by atoms with Crippen LogP contribution in [0.4, 0.5) is 0 Å². The molecule has 2 aromatic heterocycles. The fourth-order valence-corrected chi connectivity index (χ4v) is 5.42. The summed E-state index contributed by atoms with van der Waals surface area (Å²) in [5.74, 6) is 0.752. The van der Waals surface area contributed by atoms with Gasteiger partial charge in [-0.3, -0.25) is 9.89 Å². The van der Waals surface area contributed by atoms with Crippen molar-refractivity contribution in [2.45, 2.75) is 43.9 Å². The Kier molecular flexibility index (Phi) is 6.26. The molecule has 2 aliphatic rings. The van der Waals surface area contributed by atoms with Gasteiger partial charge in [-0.15, -0.1) is 0 Å². The molecule has 2 aromatic rings. The highest BCUT2D eigenvalue weighted by molar-refractivity contribution is 7.89. The zero-order valence-electron chi connectivity index (χ0n) is 17.1. The Morgan fingerprint density at radius 1 is 1.27 bits per heavy atom. The maximum atomic E-state index is 12.9. The van der Waals surface area contributed by atoms with Gasteiger partial charge in [0.1, 0.15) is 16.3 Å². The third-order valence-electron chi connectivity index (χ3n) is 5.86. The van der Waals surface area contributed by atoms with Gasteiger partial charge in [-0.2, -0.15) is 5.10 Å². The molecule has 0 bridgehead atoms. The smallest absolute Gasteiger partial charge is 0.257 e. The summed E-state index contributed by atoms with van der Waals surface area (Å²) in [6, 6.07) is 1.46. The number of ether oxygens (including phenoxy) is 1. The number of hydrogen-bond acceptors (Lipinski definition) is 6. The largest absolute Gasteiger partial charge is 0.458 e. The molecule has 0 atom stereocenters. The third kappa shape index (κ3) is 4.45. The molecule has 0 unspecified atom stereocenters. The summed E-state index contributed by atoms with van der Waals surface area (Å²) >= 11 is 0. The molecule has 164 valence electrons. The van der Waals surface area contributed by atoms with Crippen LogP contribution in [0.25, 0.3) is 11.5 Å². The topological polar surface area (TPSA) is 118 Å². The Morgan fingerprint density at radius 2 is 2.00 bits per heavy atom. The standard InChI is InChI=1S/C20H28N4O5S/c1-14-18(30(26,27)22-12-15-5-3-2-4-6-15)11-17(29-14)19-16(13-21-23-19)20(25)24-7-9-28-10-8-24/h11,13,15,22H,2-10,12H2,1H3,(H,21,23). The van der Waals surface area contributed by atoms with Crippen molar-refractivity contribution in [3.05, 3.63) is 23.6 Å². The number of H-pyrrole nitrogens is 1. The van der Waals surface area contributed by atoms with Crippen LogP contribution in [0.2, 0.25) is 0 Å². The van der Waals surface area contributed by atoms with Crippen molar-refractivity contribution in [2.75, 3.05) is 32.8 Å². The SMILES string of the molecule is Cc1oc(-c2[nH]ncc2C(=O)N2CCOCC2)cc1S(=O)(=O)NCC1CCCCC1. The van der Waals surface area contributed by atoms with Gasteiger partial charge in [0.05, 0.1) is 25.0 Å². The van der Waals surface area contributed by atoms with Gasteiger partial charge in [0.2, 0.25) is 10.0 Å². The fourth-order valence-electron chi connectivity index (χ4n) is 4.12.